The van der Waals surface area contributed by atoms with Crippen LogP contribution in [-0.2, 0) is 10.5 Å². The van der Waals surface area contributed by atoms with Gasteiger partial charge < -0.3 is 10.1 Å². The molecule has 0 unspecified atom stereocenters. The average molecular weight is 355 g/mol. The molecule has 3 aromatic rings. The highest BCUT2D eigenvalue weighted by Gasteiger charge is 2.08. The van der Waals surface area contributed by atoms with E-state index in [2.05, 4.69) is 5.32 Å². The van der Waals surface area contributed by atoms with Crippen molar-refractivity contribution in [1.82, 2.24) is 0 Å². The summed E-state index contributed by atoms with van der Waals surface area (Å²) in [4.78, 5) is 12.1. The maximum atomic E-state index is 13.3. The first-order chi connectivity index (χ1) is 12.2. The van der Waals surface area contributed by atoms with Crippen molar-refractivity contribution in [3.8, 4) is 5.75 Å². The van der Waals surface area contributed by atoms with Gasteiger partial charge in [-0.3, -0.25) is 4.79 Å². The van der Waals surface area contributed by atoms with E-state index >= 15 is 0 Å². The normalized spacial score (nSPS) is 10.6. The first-order valence-electron chi connectivity index (χ1n) is 7.84. The third-order valence-corrected chi connectivity index (χ3v) is 4.75. The molecule has 0 saturated heterocycles. The average Bonchev–Trinajstić information content (AvgIpc) is 2.62. The highest BCUT2D eigenvalue weighted by Crippen LogP contribution is 2.24. The molecule has 3 nitrogen and oxygen atoms in total. The van der Waals surface area contributed by atoms with Gasteiger partial charge in [0, 0.05) is 17.0 Å². The minimum atomic E-state index is -0.308. The summed E-state index contributed by atoms with van der Waals surface area (Å²) in [6.45, 7) is 0. The zero-order valence-corrected chi connectivity index (χ0v) is 14.6. The SMILES string of the molecule is COc1ccc(F)cc1CSCC(=O)Nc1ccc2ccccc2c1. The number of carbonyl (C=O) groups excluding carboxylic acids is 1. The highest BCUT2D eigenvalue weighted by atomic mass is 32.2. The monoisotopic (exact) mass is 355 g/mol. The minimum absolute atomic E-state index is 0.0874. The summed E-state index contributed by atoms with van der Waals surface area (Å²) < 4.78 is 18.6. The zero-order valence-electron chi connectivity index (χ0n) is 13.8. The summed E-state index contributed by atoms with van der Waals surface area (Å²) in [6, 6.07) is 18.2. The van der Waals surface area contributed by atoms with Gasteiger partial charge in [-0.25, -0.2) is 4.39 Å². The number of rotatable bonds is 6. The molecule has 0 saturated carbocycles. The molecule has 1 amide bonds. The Hall–Kier alpha value is -2.53. The van der Waals surface area contributed by atoms with E-state index in [0.29, 0.717) is 11.5 Å². The number of ether oxygens (including phenoxy) is 1. The van der Waals surface area contributed by atoms with E-state index in [1.165, 1.54) is 23.9 Å². The molecule has 0 aliphatic carbocycles. The Kier molecular flexibility index (Phi) is 5.56. The van der Waals surface area contributed by atoms with Crippen LogP contribution in [0.2, 0.25) is 0 Å². The van der Waals surface area contributed by atoms with Gasteiger partial charge in [-0.2, -0.15) is 0 Å². The molecule has 0 fully saturated rings. The van der Waals surface area contributed by atoms with E-state index < -0.39 is 0 Å². The van der Waals surface area contributed by atoms with E-state index in [-0.39, 0.29) is 17.5 Å². The molecule has 3 rings (SSSR count). The summed E-state index contributed by atoms with van der Waals surface area (Å²) in [5, 5.41) is 5.11. The van der Waals surface area contributed by atoms with Crippen LogP contribution >= 0.6 is 11.8 Å². The molecule has 0 radical (unpaired) electrons. The molecule has 0 bridgehead atoms. The molecule has 0 aromatic heterocycles. The Morgan fingerprint density at radius 2 is 1.88 bits per heavy atom. The second kappa shape index (κ2) is 8.03. The third kappa shape index (κ3) is 4.51. The molecule has 128 valence electrons. The Morgan fingerprint density at radius 3 is 2.68 bits per heavy atom. The van der Waals surface area contributed by atoms with Crippen molar-refractivity contribution < 1.29 is 13.9 Å². The number of thioether (sulfide) groups is 1. The summed E-state index contributed by atoms with van der Waals surface area (Å²) in [6.07, 6.45) is 0. The first kappa shape index (κ1) is 17.3. The highest BCUT2D eigenvalue weighted by molar-refractivity contribution is 7.99. The number of fused-ring (bicyclic) bond motifs is 1. The maximum Gasteiger partial charge on any atom is 0.234 e. The number of anilines is 1. The molecule has 0 atom stereocenters. The fourth-order valence-corrected chi connectivity index (χ4v) is 3.38. The lowest BCUT2D eigenvalue weighted by Crippen LogP contribution is -2.14. The lowest BCUT2D eigenvalue weighted by atomic mass is 10.1. The summed E-state index contributed by atoms with van der Waals surface area (Å²) >= 11 is 1.42. The second-order valence-corrected chi connectivity index (χ2v) is 6.54. The van der Waals surface area contributed by atoms with Crippen LogP contribution in [0, 0.1) is 5.82 Å². The number of amides is 1. The smallest absolute Gasteiger partial charge is 0.234 e. The number of nitrogens with one attached hydrogen (secondary N) is 1. The van der Waals surface area contributed by atoms with E-state index in [1.54, 1.807) is 13.2 Å². The van der Waals surface area contributed by atoms with Crippen LogP contribution in [-0.4, -0.2) is 18.8 Å². The summed E-state index contributed by atoms with van der Waals surface area (Å²) in [5.74, 6) is 1.02. The van der Waals surface area contributed by atoms with E-state index in [4.69, 9.17) is 4.74 Å². The van der Waals surface area contributed by atoms with Crippen molar-refractivity contribution >= 4 is 34.1 Å². The van der Waals surface area contributed by atoms with Crippen molar-refractivity contribution in [2.45, 2.75) is 5.75 Å². The van der Waals surface area contributed by atoms with Gasteiger partial charge in [-0.05, 0) is 41.1 Å². The molecule has 0 spiro atoms. The van der Waals surface area contributed by atoms with Crippen LogP contribution in [0.1, 0.15) is 5.56 Å². The molecule has 0 aliphatic rings. The first-order valence-corrected chi connectivity index (χ1v) is 9.00. The van der Waals surface area contributed by atoms with Gasteiger partial charge in [0.15, 0.2) is 0 Å². The quantitative estimate of drug-likeness (QED) is 0.686. The Balaban J connectivity index is 1.56. The maximum absolute atomic E-state index is 13.3. The number of hydrogen-bond donors (Lipinski definition) is 1. The molecular formula is C20H18FNO2S. The second-order valence-electron chi connectivity index (χ2n) is 5.56. The largest absolute Gasteiger partial charge is 0.496 e. The van der Waals surface area contributed by atoms with E-state index in [1.807, 2.05) is 42.5 Å². The van der Waals surface area contributed by atoms with Crippen LogP contribution in [0.3, 0.4) is 0 Å². The van der Waals surface area contributed by atoms with Gasteiger partial charge in [0.1, 0.15) is 11.6 Å². The van der Waals surface area contributed by atoms with E-state index in [9.17, 15) is 9.18 Å². The van der Waals surface area contributed by atoms with Crippen molar-refractivity contribution in [3.63, 3.8) is 0 Å². The summed E-state index contributed by atoms with van der Waals surface area (Å²) in [5.41, 5.74) is 1.51. The predicted octanol–water partition coefficient (Wildman–Crippen LogP) is 4.86. The number of methoxy groups -OCH3 is 1. The molecule has 0 aliphatic heterocycles. The fourth-order valence-electron chi connectivity index (χ4n) is 2.58. The van der Waals surface area contributed by atoms with Gasteiger partial charge in [-0.1, -0.05) is 30.3 Å². The van der Waals surface area contributed by atoms with E-state index in [0.717, 1.165) is 22.0 Å². The van der Waals surface area contributed by atoms with Gasteiger partial charge >= 0.3 is 0 Å². The van der Waals surface area contributed by atoms with Crippen molar-refractivity contribution in [2.75, 3.05) is 18.2 Å². The van der Waals surface area contributed by atoms with Crippen molar-refractivity contribution in [1.29, 1.82) is 0 Å². The molecule has 0 heterocycles. The topological polar surface area (TPSA) is 38.3 Å². The van der Waals surface area contributed by atoms with Gasteiger partial charge in [0.2, 0.25) is 5.91 Å². The van der Waals surface area contributed by atoms with Crippen LogP contribution in [0.5, 0.6) is 5.75 Å². The van der Waals surface area contributed by atoms with Crippen LogP contribution in [0.15, 0.2) is 60.7 Å². The Morgan fingerprint density at radius 1 is 1.08 bits per heavy atom. The van der Waals surface area contributed by atoms with Gasteiger partial charge in [0.25, 0.3) is 0 Å². The number of benzene rings is 3. The van der Waals surface area contributed by atoms with Gasteiger partial charge in [-0.15, -0.1) is 11.8 Å². The number of halogens is 1. The lowest BCUT2D eigenvalue weighted by molar-refractivity contribution is -0.113. The Labute approximate surface area is 150 Å². The third-order valence-electron chi connectivity index (χ3n) is 3.77. The van der Waals surface area contributed by atoms with Crippen molar-refractivity contribution in [3.05, 3.63) is 72.0 Å². The minimum Gasteiger partial charge on any atom is -0.496 e. The molecular weight excluding hydrogens is 337 g/mol. The fraction of sp³-hybridized carbons (Fsp3) is 0.150. The van der Waals surface area contributed by atoms with Crippen molar-refractivity contribution in [2.24, 2.45) is 0 Å². The standard InChI is InChI=1S/C20H18FNO2S/c1-24-19-9-7-17(21)10-16(19)12-25-13-20(23)22-18-8-6-14-4-2-3-5-15(14)11-18/h2-11H,12-13H2,1H3,(H,22,23). The van der Waals surface area contributed by atoms with Crippen LogP contribution in [0.4, 0.5) is 10.1 Å². The predicted molar refractivity (Wildman–Crippen MR) is 102 cm³/mol. The lowest BCUT2D eigenvalue weighted by Gasteiger charge is -2.09. The Bertz CT molecular complexity index is 898. The zero-order chi connectivity index (χ0) is 17.6. The summed E-state index contributed by atoms with van der Waals surface area (Å²) in [7, 11) is 1.55. The molecule has 25 heavy (non-hydrogen) atoms. The molecule has 5 heteroatoms. The molecule has 1 N–H and O–H groups in total. The van der Waals surface area contributed by atoms with Gasteiger partial charge in [0.05, 0.1) is 12.9 Å². The number of carbonyl (C=O) groups is 1. The number of hydrogen-bond acceptors (Lipinski definition) is 3. The van der Waals surface area contributed by atoms with Crippen LogP contribution < -0.4 is 10.1 Å². The van der Waals surface area contributed by atoms with Crippen LogP contribution in [0.25, 0.3) is 10.8 Å². The molecule has 3 aromatic carbocycles.